The molecule has 7 nitrogen and oxygen atoms in total. The van der Waals surface area contributed by atoms with Gasteiger partial charge in [0.25, 0.3) is 0 Å². The van der Waals surface area contributed by atoms with Crippen LogP contribution >= 0.6 is 11.6 Å². The number of anilines is 1. The Labute approximate surface area is 252 Å². The summed E-state index contributed by atoms with van der Waals surface area (Å²) in [6, 6.07) is 19.7. The van der Waals surface area contributed by atoms with Crippen LogP contribution in [0.2, 0.25) is 5.02 Å². The van der Waals surface area contributed by atoms with E-state index in [1.54, 1.807) is 0 Å². The van der Waals surface area contributed by atoms with Gasteiger partial charge in [0.1, 0.15) is 18.4 Å². The van der Waals surface area contributed by atoms with Gasteiger partial charge in [-0.3, -0.25) is 13.9 Å². The van der Waals surface area contributed by atoms with Gasteiger partial charge in [-0.2, -0.15) is 0 Å². The van der Waals surface area contributed by atoms with Crippen molar-refractivity contribution < 1.29 is 22.4 Å². The van der Waals surface area contributed by atoms with Gasteiger partial charge in [-0.05, 0) is 49.1 Å². The first-order valence-electron chi connectivity index (χ1n) is 14.1. The summed E-state index contributed by atoms with van der Waals surface area (Å²) in [5, 5.41) is 2.91. The van der Waals surface area contributed by atoms with E-state index < -0.39 is 34.3 Å². The number of benzene rings is 3. The van der Waals surface area contributed by atoms with Crippen LogP contribution in [-0.2, 0) is 32.6 Å². The molecular weight excluding hydrogens is 577 g/mol. The second kappa shape index (κ2) is 14.2. The van der Waals surface area contributed by atoms with Gasteiger partial charge in [-0.1, -0.05) is 91.0 Å². The molecule has 3 aromatic carbocycles. The Kier molecular flexibility index (Phi) is 10.6. The van der Waals surface area contributed by atoms with Crippen LogP contribution in [0.3, 0.4) is 0 Å². The Balaban J connectivity index is 1.72. The van der Waals surface area contributed by atoms with Crippen molar-refractivity contribution in [3.05, 3.63) is 100 Å². The van der Waals surface area contributed by atoms with Crippen LogP contribution in [0.5, 0.6) is 0 Å². The van der Waals surface area contributed by atoms with Gasteiger partial charge < -0.3 is 10.2 Å². The standard InChI is InChI=1S/C32H37ClFN3O4S/c1-23-13-15-25(16-14-23)21-36(31(38)22-37(42(2,40)41)27-17-18-29(34)28(33)20-27)30(19-24-9-5-3-6-10-24)32(39)35-26-11-7-4-8-12-26/h3,5-6,9-10,13-18,20,26,30H,4,7-8,11-12,19,21-22H2,1-2H3,(H,35,39)/t30-/m0/s1. The quantitative estimate of drug-likeness (QED) is 0.303. The summed E-state index contributed by atoms with van der Waals surface area (Å²) in [5.41, 5.74) is 2.77. The molecule has 0 aliphatic heterocycles. The number of halogens is 2. The van der Waals surface area contributed by atoms with Crippen molar-refractivity contribution >= 4 is 39.1 Å². The van der Waals surface area contributed by atoms with Crippen LogP contribution in [0, 0.1) is 12.7 Å². The first-order valence-corrected chi connectivity index (χ1v) is 16.4. The second-order valence-electron chi connectivity index (χ2n) is 10.9. The zero-order valence-corrected chi connectivity index (χ0v) is 25.5. The maximum Gasteiger partial charge on any atom is 0.244 e. The number of aryl methyl sites for hydroxylation is 1. The van der Waals surface area contributed by atoms with Crippen molar-refractivity contribution in [1.29, 1.82) is 0 Å². The topological polar surface area (TPSA) is 86.8 Å². The maximum absolute atomic E-state index is 14.2. The molecule has 0 radical (unpaired) electrons. The smallest absolute Gasteiger partial charge is 0.244 e. The third kappa shape index (κ3) is 8.55. The van der Waals surface area contributed by atoms with Gasteiger partial charge in [-0.15, -0.1) is 0 Å². The summed E-state index contributed by atoms with van der Waals surface area (Å²) in [6.07, 6.45) is 6.17. The molecule has 1 saturated carbocycles. The maximum atomic E-state index is 14.2. The summed E-state index contributed by atoms with van der Waals surface area (Å²) >= 11 is 5.96. The van der Waals surface area contributed by atoms with Gasteiger partial charge in [0.05, 0.1) is 17.0 Å². The molecule has 0 aromatic heterocycles. The average Bonchev–Trinajstić information content (AvgIpc) is 2.96. The molecule has 224 valence electrons. The molecule has 2 amide bonds. The fourth-order valence-electron chi connectivity index (χ4n) is 5.24. The Bertz CT molecular complexity index is 1480. The fourth-order valence-corrected chi connectivity index (χ4v) is 6.26. The molecular formula is C32H37ClFN3O4S. The van der Waals surface area contributed by atoms with Gasteiger partial charge >= 0.3 is 0 Å². The van der Waals surface area contributed by atoms with E-state index in [0.29, 0.717) is 0 Å². The highest BCUT2D eigenvalue weighted by Crippen LogP contribution is 2.26. The molecule has 4 rings (SSSR count). The minimum absolute atomic E-state index is 0.0229. The van der Waals surface area contributed by atoms with Crippen LogP contribution in [0.25, 0.3) is 0 Å². The number of nitrogens with zero attached hydrogens (tertiary/aromatic N) is 2. The van der Waals surface area contributed by atoms with E-state index in [4.69, 9.17) is 11.6 Å². The molecule has 0 saturated heterocycles. The number of nitrogens with one attached hydrogen (secondary N) is 1. The fraction of sp³-hybridized carbons (Fsp3) is 0.375. The molecule has 0 spiro atoms. The van der Waals surface area contributed by atoms with E-state index >= 15 is 0 Å². The van der Waals surface area contributed by atoms with E-state index in [0.717, 1.165) is 65.4 Å². The number of carbonyl (C=O) groups excluding carboxylic acids is 2. The molecule has 1 fully saturated rings. The SMILES string of the molecule is Cc1ccc(CN(C(=O)CN(c2ccc(F)c(Cl)c2)S(C)(=O)=O)[C@@H](Cc2ccccc2)C(=O)NC2CCCCC2)cc1. The monoisotopic (exact) mass is 613 g/mol. The Hall–Kier alpha value is -3.43. The molecule has 0 unspecified atom stereocenters. The third-order valence-corrected chi connectivity index (χ3v) is 9.00. The van der Waals surface area contributed by atoms with Crippen molar-refractivity contribution in [2.75, 3.05) is 17.1 Å². The highest BCUT2D eigenvalue weighted by atomic mass is 35.5. The second-order valence-corrected chi connectivity index (χ2v) is 13.2. The molecule has 10 heteroatoms. The number of sulfonamides is 1. The number of amides is 2. The van der Waals surface area contributed by atoms with Crippen LogP contribution in [0.1, 0.15) is 48.8 Å². The summed E-state index contributed by atoms with van der Waals surface area (Å²) < 4.78 is 40.5. The van der Waals surface area contributed by atoms with Crippen LogP contribution in [0.4, 0.5) is 10.1 Å². The molecule has 1 aliphatic carbocycles. The summed E-state index contributed by atoms with van der Waals surface area (Å²) in [6.45, 7) is 1.46. The lowest BCUT2D eigenvalue weighted by atomic mass is 9.94. The van der Waals surface area contributed by atoms with E-state index in [2.05, 4.69) is 5.32 Å². The van der Waals surface area contributed by atoms with Gasteiger partial charge in [0.2, 0.25) is 21.8 Å². The minimum atomic E-state index is -3.98. The largest absolute Gasteiger partial charge is 0.352 e. The van der Waals surface area contributed by atoms with Crippen molar-refractivity contribution in [2.45, 2.75) is 64.1 Å². The first kappa shape index (κ1) is 31.5. The molecule has 1 atom stereocenters. The van der Waals surface area contributed by atoms with Crippen molar-refractivity contribution in [3.63, 3.8) is 0 Å². The minimum Gasteiger partial charge on any atom is -0.352 e. The van der Waals surface area contributed by atoms with E-state index in [-0.39, 0.29) is 35.6 Å². The van der Waals surface area contributed by atoms with Gasteiger partial charge in [0.15, 0.2) is 0 Å². The summed E-state index contributed by atoms with van der Waals surface area (Å²) in [7, 11) is -3.98. The Morgan fingerprint density at radius 1 is 0.976 bits per heavy atom. The van der Waals surface area contributed by atoms with E-state index in [1.165, 1.54) is 17.0 Å². The molecule has 0 bridgehead atoms. The molecule has 42 heavy (non-hydrogen) atoms. The van der Waals surface area contributed by atoms with Crippen LogP contribution in [-0.4, -0.2) is 50.0 Å². The number of hydrogen-bond donors (Lipinski definition) is 1. The zero-order valence-electron chi connectivity index (χ0n) is 23.9. The van der Waals surface area contributed by atoms with Crippen molar-refractivity contribution in [3.8, 4) is 0 Å². The van der Waals surface area contributed by atoms with Crippen molar-refractivity contribution in [2.24, 2.45) is 0 Å². The molecule has 1 aliphatic rings. The van der Waals surface area contributed by atoms with Gasteiger partial charge in [0, 0.05) is 19.0 Å². The highest BCUT2D eigenvalue weighted by molar-refractivity contribution is 7.92. The lowest BCUT2D eigenvalue weighted by Gasteiger charge is -2.35. The lowest BCUT2D eigenvalue weighted by molar-refractivity contribution is -0.140. The molecule has 3 aromatic rings. The Morgan fingerprint density at radius 2 is 1.64 bits per heavy atom. The van der Waals surface area contributed by atoms with Gasteiger partial charge in [-0.25, -0.2) is 12.8 Å². The predicted molar refractivity (Wildman–Crippen MR) is 164 cm³/mol. The summed E-state index contributed by atoms with van der Waals surface area (Å²) in [5.74, 6) is -1.55. The number of carbonyl (C=O) groups is 2. The van der Waals surface area contributed by atoms with E-state index in [1.807, 2.05) is 61.5 Å². The van der Waals surface area contributed by atoms with E-state index in [9.17, 15) is 22.4 Å². The van der Waals surface area contributed by atoms with Crippen LogP contribution < -0.4 is 9.62 Å². The number of hydrogen-bond acceptors (Lipinski definition) is 4. The number of rotatable bonds is 11. The Morgan fingerprint density at radius 3 is 2.26 bits per heavy atom. The molecule has 0 heterocycles. The first-order chi connectivity index (χ1) is 20.0. The average molecular weight is 614 g/mol. The van der Waals surface area contributed by atoms with Crippen LogP contribution in [0.15, 0.2) is 72.8 Å². The summed E-state index contributed by atoms with van der Waals surface area (Å²) in [4.78, 5) is 29.6. The predicted octanol–water partition coefficient (Wildman–Crippen LogP) is 5.64. The van der Waals surface area contributed by atoms with Crippen molar-refractivity contribution in [1.82, 2.24) is 10.2 Å². The third-order valence-electron chi connectivity index (χ3n) is 7.57. The lowest BCUT2D eigenvalue weighted by Crippen LogP contribution is -2.55. The normalized spacial score (nSPS) is 14.7. The highest BCUT2D eigenvalue weighted by Gasteiger charge is 2.34. The zero-order chi connectivity index (χ0) is 30.3. The molecule has 1 N–H and O–H groups in total.